The van der Waals surface area contributed by atoms with Gasteiger partial charge in [-0.3, -0.25) is 0 Å². The van der Waals surface area contributed by atoms with E-state index in [2.05, 4.69) is 12.6 Å². The van der Waals surface area contributed by atoms with E-state index in [4.69, 9.17) is 9.05 Å². The summed E-state index contributed by atoms with van der Waals surface area (Å²) >= 11 is 5.78. The lowest BCUT2D eigenvalue weighted by Gasteiger charge is -2.05. The number of rotatable bonds is 3. The Kier molecular flexibility index (Phi) is 4.35. The molecule has 2 nitrogen and oxygen atoms in total. The van der Waals surface area contributed by atoms with Crippen LogP contribution in [0.3, 0.4) is 0 Å². The van der Waals surface area contributed by atoms with Gasteiger partial charge < -0.3 is 9.05 Å². The van der Waals surface area contributed by atoms with Crippen molar-refractivity contribution in [1.82, 2.24) is 0 Å². The number of thiol groups is 1. The van der Waals surface area contributed by atoms with E-state index in [9.17, 15) is 0 Å². The van der Waals surface area contributed by atoms with Gasteiger partial charge in [-0.15, -0.1) is 0 Å². The normalized spacial score (nSPS) is 27.0. The number of hydrogen-bond acceptors (Lipinski definition) is 4. The Morgan fingerprint density at radius 2 is 2.67 bits per heavy atom. The molecule has 1 unspecified atom stereocenters. The van der Waals surface area contributed by atoms with Crippen molar-refractivity contribution in [3.8, 4) is 0 Å². The average Bonchev–Trinajstić information content (AvgIpc) is 2.34. The van der Waals surface area contributed by atoms with Crippen LogP contribution in [-0.2, 0) is 9.05 Å². The standard InChI is InChI=1S/C4H9O2PS2/c8-3-1-5-7-6-2-4-9-7/h8H,1-4H2. The van der Waals surface area contributed by atoms with E-state index in [1.807, 2.05) is 0 Å². The van der Waals surface area contributed by atoms with Gasteiger partial charge in [0.25, 0.3) is 0 Å². The summed E-state index contributed by atoms with van der Waals surface area (Å²) in [4.78, 5) is 0. The topological polar surface area (TPSA) is 18.5 Å². The third kappa shape index (κ3) is 3.10. The Morgan fingerprint density at radius 1 is 1.78 bits per heavy atom. The summed E-state index contributed by atoms with van der Waals surface area (Å²) in [6.07, 6.45) is 0. The lowest BCUT2D eigenvalue weighted by molar-refractivity contribution is 0.293. The zero-order chi connectivity index (χ0) is 6.53. The zero-order valence-corrected chi connectivity index (χ0v) is 7.55. The highest BCUT2D eigenvalue weighted by atomic mass is 32.7. The predicted octanol–water partition coefficient (Wildman–Crippen LogP) is 1.92. The maximum atomic E-state index is 5.28. The van der Waals surface area contributed by atoms with Gasteiger partial charge in [0, 0.05) is 11.5 Å². The fourth-order valence-electron chi connectivity index (χ4n) is 0.451. The van der Waals surface area contributed by atoms with Crippen LogP contribution in [0.15, 0.2) is 0 Å². The molecular weight excluding hydrogens is 175 g/mol. The first-order chi connectivity index (χ1) is 4.43. The summed E-state index contributed by atoms with van der Waals surface area (Å²) in [5.74, 6) is 1.86. The van der Waals surface area contributed by atoms with Crippen LogP contribution in [0.25, 0.3) is 0 Å². The maximum Gasteiger partial charge on any atom is 0.238 e. The molecule has 0 aromatic heterocycles. The monoisotopic (exact) mass is 184 g/mol. The van der Waals surface area contributed by atoms with Crippen LogP contribution in [-0.4, -0.2) is 24.7 Å². The molecule has 54 valence electrons. The third-order valence-corrected chi connectivity index (χ3v) is 4.11. The van der Waals surface area contributed by atoms with Crippen LogP contribution in [0.1, 0.15) is 0 Å². The summed E-state index contributed by atoms with van der Waals surface area (Å²) in [5.41, 5.74) is 0. The summed E-state index contributed by atoms with van der Waals surface area (Å²) in [7, 11) is -0.583. The van der Waals surface area contributed by atoms with Gasteiger partial charge in [0.1, 0.15) is 0 Å². The van der Waals surface area contributed by atoms with E-state index >= 15 is 0 Å². The molecule has 0 N–H and O–H groups in total. The van der Waals surface area contributed by atoms with Gasteiger partial charge >= 0.3 is 0 Å². The molecule has 1 saturated heterocycles. The molecule has 0 radical (unpaired) electrons. The molecule has 0 bridgehead atoms. The molecule has 0 saturated carbocycles. The van der Waals surface area contributed by atoms with Crippen LogP contribution in [0, 0.1) is 0 Å². The largest absolute Gasteiger partial charge is 0.325 e. The molecular formula is C4H9O2PS2. The minimum atomic E-state index is -0.583. The van der Waals surface area contributed by atoms with E-state index in [1.165, 1.54) is 0 Å². The van der Waals surface area contributed by atoms with Crippen LogP contribution < -0.4 is 0 Å². The van der Waals surface area contributed by atoms with Crippen LogP contribution in [0.2, 0.25) is 0 Å². The molecule has 1 aliphatic heterocycles. The van der Waals surface area contributed by atoms with E-state index in [-0.39, 0.29) is 0 Å². The van der Waals surface area contributed by atoms with Crippen molar-refractivity contribution in [1.29, 1.82) is 0 Å². The molecule has 0 amide bonds. The molecule has 0 aromatic carbocycles. The van der Waals surface area contributed by atoms with Crippen molar-refractivity contribution in [3.63, 3.8) is 0 Å². The summed E-state index contributed by atoms with van der Waals surface area (Å²) in [5, 5.41) is 0. The van der Waals surface area contributed by atoms with E-state index in [1.54, 1.807) is 11.4 Å². The van der Waals surface area contributed by atoms with Crippen LogP contribution in [0.5, 0.6) is 0 Å². The van der Waals surface area contributed by atoms with Crippen molar-refractivity contribution in [2.75, 3.05) is 24.7 Å². The smallest absolute Gasteiger partial charge is 0.238 e. The molecule has 1 fully saturated rings. The van der Waals surface area contributed by atoms with Gasteiger partial charge in [0.15, 0.2) is 0 Å². The van der Waals surface area contributed by atoms with Gasteiger partial charge in [-0.1, -0.05) is 11.4 Å². The predicted molar refractivity (Wildman–Crippen MR) is 45.1 cm³/mol. The first kappa shape index (κ1) is 8.15. The second-order valence-electron chi connectivity index (χ2n) is 1.45. The zero-order valence-electron chi connectivity index (χ0n) is 4.95. The number of hydrogen-bond donors (Lipinski definition) is 1. The molecule has 0 aromatic rings. The fourth-order valence-corrected chi connectivity index (χ4v) is 3.39. The molecule has 1 heterocycles. The Labute approximate surface area is 65.8 Å². The van der Waals surface area contributed by atoms with Crippen LogP contribution in [0.4, 0.5) is 0 Å². The highest BCUT2D eigenvalue weighted by Crippen LogP contribution is 2.55. The van der Waals surface area contributed by atoms with Crippen molar-refractivity contribution < 1.29 is 9.05 Å². The van der Waals surface area contributed by atoms with Crippen molar-refractivity contribution >= 4 is 31.6 Å². The Balaban J connectivity index is 1.98. The minimum absolute atomic E-state index is 0.583. The van der Waals surface area contributed by atoms with Gasteiger partial charge in [0.2, 0.25) is 7.58 Å². The molecule has 1 rings (SSSR count). The first-order valence-corrected chi connectivity index (χ1v) is 6.13. The lowest BCUT2D eigenvalue weighted by atomic mass is 10.9. The van der Waals surface area contributed by atoms with Gasteiger partial charge in [-0.05, 0) is 0 Å². The van der Waals surface area contributed by atoms with Gasteiger partial charge in [-0.25, -0.2) is 0 Å². The Hall–Kier alpha value is 1.05. The molecule has 9 heavy (non-hydrogen) atoms. The minimum Gasteiger partial charge on any atom is -0.325 e. The molecule has 0 aliphatic carbocycles. The van der Waals surface area contributed by atoms with E-state index < -0.39 is 7.58 Å². The summed E-state index contributed by atoms with van der Waals surface area (Å²) < 4.78 is 10.5. The highest BCUT2D eigenvalue weighted by molar-refractivity contribution is 8.53. The Bertz CT molecular complexity index is 77.0. The quantitative estimate of drug-likeness (QED) is 0.534. The second-order valence-corrected chi connectivity index (χ2v) is 5.19. The van der Waals surface area contributed by atoms with E-state index in [0.29, 0.717) is 6.61 Å². The second kappa shape index (κ2) is 4.80. The van der Waals surface area contributed by atoms with Crippen molar-refractivity contribution in [2.45, 2.75) is 0 Å². The molecule has 5 heteroatoms. The van der Waals surface area contributed by atoms with Crippen molar-refractivity contribution in [3.05, 3.63) is 0 Å². The summed E-state index contributed by atoms with van der Waals surface area (Å²) in [6, 6.07) is 0. The average molecular weight is 184 g/mol. The highest BCUT2D eigenvalue weighted by Gasteiger charge is 2.16. The van der Waals surface area contributed by atoms with Crippen LogP contribution >= 0.6 is 31.6 Å². The fraction of sp³-hybridized carbons (Fsp3) is 1.00. The summed E-state index contributed by atoms with van der Waals surface area (Å²) in [6.45, 7) is 1.56. The first-order valence-electron chi connectivity index (χ1n) is 2.73. The van der Waals surface area contributed by atoms with Gasteiger partial charge in [-0.2, -0.15) is 12.6 Å². The van der Waals surface area contributed by atoms with E-state index in [0.717, 1.165) is 18.1 Å². The SMILES string of the molecule is SCCOP1OCCS1. The molecule has 1 aliphatic rings. The molecule has 1 atom stereocenters. The van der Waals surface area contributed by atoms with Crippen molar-refractivity contribution in [2.24, 2.45) is 0 Å². The maximum absolute atomic E-state index is 5.28. The Morgan fingerprint density at radius 3 is 3.22 bits per heavy atom. The third-order valence-electron chi connectivity index (χ3n) is 0.765. The lowest BCUT2D eigenvalue weighted by Crippen LogP contribution is -1.87. The van der Waals surface area contributed by atoms with Gasteiger partial charge in [0.05, 0.1) is 13.2 Å². The molecule has 0 spiro atoms.